The van der Waals surface area contributed by atoms with Crippen molar-refractivity contribution in [1.82, 2.24) is 0 Å². The van der Waals surface area contributed by atoms with E-state index in [1.807, 2.05) is 0 Å². The average molecular weight is 283 g/mol. The Bertz CT molecular complexity index is 410. The number of benzene rings is 1. The van der Waals surface area contributed by atoms with E-state index in [1.54, 1.807) is 6.07 Å². The van der Waals surface area contributed by atoms with Gasteiger partial charge >= 0.3 is 6.36 Å². The summed E-state index contributed by atoms with van der Waals surface area (Å²) in [5, 5.41) is 3.13. The fourth-order valence-corrected chi connectivity index (χ4v) is 2.04. The summed E-state index contributed by atoms with van der Waals surface area (Å²) in [6.07, 6.45) is -3.90. The molecule has 1 aliphatic rings. The largest absolute Gasteiger partial charge is 0.573 e. The highest BCUT2D eigenvalue weighted by Gasteiger charge is 2.32. The lowest BCUT2D eigenvalue weighted by atomic mass is 9.98. The van der Waals surface area contributed by atoms with Crippen LogP contribution in [0.25, 0.3) is 0 Å². The minimum absolute atomic E-state index is 0. The van der Waals surface area contributed by atoms with E-state index < -0.39 is 6.36 Å². The fourth-order valence-electron chi connectivity index (χ4n) is 2.04. The van der Waals surface area contributed by atoms with Crippen LogP contribution in [0.5, 0.6) is 5.75 Å². The van der Waals surface area contributed by atoms with Crippen LogP contribution in [0.15, 0.2) is 18.2 Å². The molecule has 0 aromatic heterocycles. The molecular weight excluding hydrogens is 269 g/mol. The summed E-state index contributed by atoms with van der Waals surface area (Å²) >= 11 is 0. The Balaban J connectivity index is 0.00000162. The maximum Gasteiger partial charge on any atom is 0.573 e. The van der Waals surface area contributed by atoms with Gasteiger partial charge in [0.25, 0.3) is 0 Å². The number of anilines is 1. The molecule has 0 saturated heterocycles. The van der Waals surface area contributed by atoms with Gasteiger partial charge in [-0.1, -0.05) is 0 Å². The molecule has 1 aromatic rings. The number of ether oxygens (including phenoxy) is 1. The summed E-state index contributed by atoms with van der Waals surface area (Å²) in [7, 11) is 0. The zero-order valence-electron chi connectivity index (χ0n) is 9.46. The molecule has 1 heterocycles. The van der Waals surface area contributed by atoms with Crippen LogP contribution in [0, 0.1) is 0 Å². The Labute approximate surface area is 109 Å². The van der Waals surface area contributed by atoms with Crippen molar-refractivity contribution in [3.63, 3.8) is 0 Å². The highest BCUT2D eigenvalue weighted by atomic mass is 35.5. The van der Waals surface area contributed by atoms with Gasteiger partial charge in [0.2, 0.25) is 0 Å². The van der Waals surface area contributed by atoms with Crippen molar-refractivity contribution in [3.05, 3.63) is 23.8 Å². The molecule has 7 heteroatoms. The monoisotopic (exact) mass is 282 g/mol. The molecule has 1 aromatic carbocycles. The van der Waals surface area contributed by atoms with Crippen LogP contribution in [0.2, 0.25) is 0 Å². The van der Waals surface area contributed by atoms with E-state index in [0.29, 0.717) is 13.1 Å². The van der Waals surface area contributed by atoms with Crippen LogP contribution >= 0.6 is 12.4 Å². The molecule has 0 radical (unpaired) electrons. The van der Waals surface area contributed by atoms with E-state index in [9.17, 15) is 13.2 Å². The molecule has 2 rings (SSSR count). The molecule has 0 aliphatic carbocycles. The molecule has 0 bridgehead atoms. The van der Waals surface area contributed by atoms with Crippen LogP contribution in [-0.2, 0) is 0 Å². The highest BCUT2D eigenvalue weighted by Crippen LogP contribution is 2.37. The molecule has 3 nitrogen and oxygen atoms in total. The standard InChI is InChI=1S/C11H13F3N2O.ClH/c12-11(13,14)17-8-1-2-10-9(5-8)7(3-4-15)6-16-10;/h1-2,5,7,16H,3-4,6,15H2;1H. The maximum absolute atomic E-state index is 12.1. The first-order valence-electron chi connectivity index (χ1n) is 5.33. The second kappa shape index (κ2) is 5.67. The number of nitrogens with two attached hydrogens (primary N) is 1. The molecular formula is C11H14ClF3N2O. The van der Waals surface area contributed by atoms with Gasteiger partial charge in [-0.15, -0.1) is 25.6 Å². The zero-order valence-corrected chi connectivity index (χ0v) is 10.3. The first-order valence-corrected chi connectivity index (χ1v) is 5.33. The summed E-state index contributed by atoms with van der Waals surface area (Å²) in [5.41, 5.74) is 7.17. The van der Waals surface area contributed by atoms with Crippen LogP contribution < -0.4 is 15.8 Å². The summed E-state index contributed by atoms with van der Waals surface area (Å²) < 4.78 is 40.1. The first kappa shape index (κ1) is 14.9. The van der Waals surface area contributed by atoms with Crippen molar-refractivity contribution in [2.24, 2.45) is 5.73 Å². The Morgan fingerprint density at radius 1 is 1.39 bits per heavy atom. The Morgan fingerprint density at radius 3 is 2.72 bits per heavy atom. The van der Waals surface area contributed by atoms with E-state index >= 15 is 0 Å². The maximum atomic E-state index is 12.1. The van der Waals surface area contributed by atoms with Gasteiger partial charge in [0, 0.05) is 18.2 Å². The molecule has 0 amide bonds. The molecule has 102 valence electrons. The minimum Gasteiger partial charge on any atom is -0.406 e. The number of hydrogen-bond acceptors (Lipinski definition) is 3. The molecule has 0 spiro atoms. The van der Waals surface area contributed by atoms with E-state index in [2.05, 4.69) is 10.1 Å². The van der Waals surface area contributed by atoms with Gasteiger partial charge in [0.15, 0.2) is 0 Å². The SMILES string of the molecule is Cl.NCCC1CNc2ccc(OC(F)(F)F)cc21. The number of alkyl halides is 3. The van der Waals surface area contributed by atoms with Crippen LogP contribution in [0.1, 0.15) is 17.9 Å². The van der Waals surface area contributed by atoms with Crippen molar-refractivity contribution in [2.75, 3.05) is 18.4 Å². The van der Waals surface area contributed by atoms with E-state index in [-0.39, 0.29) is 24.1 Å². The molecule has 18 heavy (non-hydrogen) atoms. The Kier molecular flexibility index (Phi) is 4.70. The molecule has 0 fully saturated rings. The number of hydrogen-bond donors (Lipinski definition) is 2. The van der Waals surface area contributed by atoms with Gasteiger partial charge in [-0.2, -0.15) is 0 Å². The van der Waals surface area contributed by atoms with Gasteiger partial charge < -0.3 is 15.8 Å². The summed E-state index contributed by atoms with van der Waals surface area (Å²) in [6, 6.07) is 4.35. The van der Waals surface area contributed by atoms with Crippen molar-refractivity contribution < 1.29 is 17.9 Å². The third-order valence-corrected chi connectivity index (χ3v) is 2.75. The summed E-state index contributed by atoms with van der Waals surface area (Å²) in [6.45, 7) is 1.22. The van der Waals surface area contributed by atoms with Crippen molar-refractivity contribution in [1.29, 1.82) is 0 Å². The highest BCUT2D eigenvalue weighted by molar-refractivity contribution is 5.85. The average Bonchev–Trinajstić information content (AvgIpc) is 2.59. The van der Waals surface area contributed by atoms with Crippen LogP contribution in [0.4, 0.5) is 18.9 Å². The lowest BCUT2D eigenvalue weighted by Crippen LogP contribution is -2.17. The van der Waals surface area contributed by atoms with Gasteiger partial charge in [-0.05, 0) is 36.7 Å². The molecule has 3 N–H and O–H groups in total. The lowest BCUT2D eigenvalue weighted by molar-refractivity contribution is -0.274. The van der Waals surface area contributed by atoms with E-state index in [1.165, 1.54) is 12.1 Å². The minimum atomic E-state index is -4.65. The number of fused-ring (bicyclic) bond motifs is 1. The van der Waals surface area contributed by atoms with Crippen molar-refractivity contribution in [3.8, 4) is 5.75 Å². The predicted octanol–water partition coefficient (Wildman–Crippen LogP) is 2.86. The van der Waals surface area contributed by atoms with Gasteiger partial charge in [-0.3, -0.25) is 0 Å². The Morgan fingerprint density at radius 2 is 2.11 bits per heavy atom. The normalized spacial score (nSPS) is 17.7. The van der Waals surface area contributed by atoms with E-state index in [4.69, 9.17) is 5.73 Å². The second-order valence-corrected chi connectivity index (χ2v) is 3.95. The van der Waals surface area contributed by atoms with Crippen LogP contribution in [-0.4, -0.2) is 19.5 Å². The molecule has 0 saturated carbocycles. The van der Waals surface area contributed by atoms with Crippen LogP contribution in [0.3, 0.4) is 0 Å². The fraction of sp³-hybridized carbons (Fsp3) is 0.455. The lowest BCUT2D eigenvalue weighted by Gasteiger charge is -2.12. The topological polar surface area (TPSA) is 47.3 Å². The quantitative estimate of drug-likeness (QED) is 0.896. The third kappa shape index (κ3) is 3.43. The summed E-state index contributed by atoms with van der Waals surface area (Å²) in [5.74, 6) is -0.0197. The smallest absolute Gasteiger partial charge is 0.406 e. The molecule has 1 aliphatic heterocycles. The zero-order chi connectivity index (χ0) is 12.5. The van der Waals surface area contributed by atoms with Crippen molar-refractivity contribution >= 4 is 18.1 Å². The van der Waals surface area contributed by atoms with Gasteiger partial charge in [0.05, 0.1) is 0 Å². The van der Waals surface area contributed by atoms with Crippen molar-refractivity contribution in [2.45, 2.75) is 18.7 Å². The number of halogens is 4. The summed E-state index contributed by atoms with van der Waals surface area (Å²) in [4.78, 5) is 0. The first-order chi connectivity index (χ1) is 7.99. The Hall–Kier alpha value is -1.14. The molecule has 1 unspecified atom stereocenters. The number of rotatable bonds is 3. The van der Waals surface area contributed by atoms with Gasteiger partial charge in [-0.25, -0.2) is 0 Å². The predicted molar refractivity (Wildman–Crippen MR) is 65.3 cm³/mol. The molecule has 1 atom stereocenters. The van der Waals surface area contributed by atoms with E-state index in [0.717, 1.165) is 17.7 Å². The number of nitrogens with one attached hydrogen (secondary N) is 1. The third-order valence-electron chi connectivity index (χ3n) is 2.75. The van der Waals surface area contributed by atoms with Gasteiger partial charge in [0.1, 0.15) is 5.75 Å². The second-order valence-electron chi connectivity index (χ2n) is 3.95.